The Balaban J connectivity index is 1.78. The molecular weight excluding hydrogens is 384 g/mol. The summed E-state index contributed by atoms with van der Waals surface area (Å²) in [5.74, 6) is -1.44. The number of nitrogens with zero attached hydrogens (tertiary/aromatic N) is 1. The second-order valence-corrected chi connectivity index (χ2v) is 8.83. The highest BCUT2D eigenvalue weighted by Crippen LogP contribution is 2.48. The molecule has 3 rings (SSSR count). The molecule has 28 heavy (non-hydrogen) atoms. The van der Waals surface area contributed by atoms with Gasteiger partial charge in [-0.15, -0.1) is 11.8 Å². The molecule has 2 aliphatic heterocycles. The van der Waals surface area contributed by atoms with Crippen LogP contribution in [0.25, 0.3) is 0 Å². The van der Waals surface area contributed by atoms with Gasteiger partial charge in [0.2, 0.25) is 5.91 Å². The van der Waals surface area contributed by atoms with E-state index in [1.54, 1.807) is 32.9 Å². The lowest BCUT2D eigenvalue weighted by atomic mass is 9.88. The molecule has 0 bridgehead atoms. The summed E-state index contributed by atoms with van der Waals surface area (Å²) in [6.07, 6.45) is -0.338. The summed E-state index contributed by atoms with van der Waals surface area (Å²) in [5, 5.41) is 21.3. The van der Waals surface area contributed by atoms with E-state index in [4.69, 9.17) is 4.74 Å². The number of aliphatic carboxylic acids is 1. The summed E-state index contributed by atoms with van der Waals surface area (Å²) in [6, 6.07) is 6.34. The summed E-state index contributed by atoms with van der Waals surface area (Å²) in [7, 11) is 0. The predicted molar refractivity (Wildman–Crippen MR) is 103 cm³/mol. The Labute approximate surface area is 167 Å². The summed E-state index contributed by atoms with van der Waals surface area (Å²) in [4.78, 5) is 38.6. The van der Waals surface area contributed by atoms with Crippen molar-refractivity contribution in [2.75, 3.05) is 12.3 Å². The summed E-state index contributed by atoms with van der Waals surface area (Å²) < 4.78 is 5.88. The zero-order chi connectivity index (χ0) is 20.7. The highest BCUT2D eigenvalue weighted by Gasteiger charge is 2.67. The van der Waals surface area contributed by atoms with Crippen LogP contribution in [0.3, 0.4) is 0 Å². The number of amides is 2. The molecule has 152 valence electrons. The average molecular weight is 408 g/mol. The number of carbonyl (C=O) groups excluding carboxylic acids is 2. The van der Waals surface area contributed by atoms with Crippen LogP contribution in [0.5, 0.6) is 5.75 Å². The standard InChI is InChI=1S/C19H24N2O6S/c1-11(2)27-19(20-14(23)8-12-5-4-6-13(22)7-12)15(24)21-9-18(3,17(25)26)10-28-16(19)21/h4-7,11,16,22H,8-10H2,1-3H3,(H,20,23)(H,25,26)/t16-,18?,19?/m1/s1. The number of carbonyl (C=O) groups is 3. The molecular formula is C19H24N2O6S. The monoisotopic (exact) mass is 408 g/mol. The summed E-state index contributed by atoms with van der Waals surface area (Å²) >= 11 is 1.30. The minimum atomic E-state index is -1.51. The summed E-state index contributed by atoms with van der Waals surface area (Å²) in [6.45, 7) is 5.22. The summed E-state index contributed by atoms with van der Waals surface area (Å²) in [5.41, 5.74) is -1.94. The molecule has 0 aromatic heterocycles. The number of phenolic OH excluding ortho intramolecular Hbond substituents is 1. The van der Waals surface area contributed by atoms with Crippen LogP contribution in [0.15, 0.2) is 24.3 Å². The van der Waals surface area contributed by atoms with Gasteiger partial charge in [-0.1, -0.05) is 12.1 Å². The lowest BCUT2D eigenvalue weighted by molar-refractivity contribution is -0.214. The van der Waals surface area contributed by atoms with Gasteiger partial charge < -0.3 is 25.2 Å². The zero-order valence-corrected chi connectivity index (χ0v) is 16.8. The molecule has 0 spiro atoms. The van der Waals surface area contributed by atoms with Crippen LogP contribution in [-0.4, -0.2) is 62.4 Å². The number of hydrogen-bond acceptors (Lipinski definition) is 6. The van der Waals surface area contributed by atoms with E-state index in [1.165, 1.54) is 28.8 Å². The topological polar surface area (TPSA) is 116 Å². The van der Waals surface area contributed by atoms with Gasteiger partial charge in [-0.05, 0) is 38.5 Å². The van der Waals surface area contributed by atoms with Gasteiger partial charge in [0.25, 0.3) is 11.6 Å². The number of fused-ring (bicyclic) bond motifs is 1. The van der Waals surface area contributed by atoms with Crippen LogP contribution >= 0.6 is 11.8 Å². The minimum absolute atomic E-state index is 0.0187. The maximum atomic E-state index is 12.9. The van der Waals surface area contributed by atoms with Crippen molar-refractivity contribution in [3.05, 3.63) is 29.8 Å². The third-order valence-electron chi connectivity index (χ3n) is 4.83. The average Bonchev–Trinajstić information content (AvgIpc) is 2.60. The van der Waals surface area contributed by atoms with Crippen molar-refractivity contribution in [1.82, 2.24) is 10.2 Å². The first-order valence-electron chi connectivity index (χ1n) is 9.00. The number of phenols is 1. The Hall–Kier alpha value is -2.26. The van der Waals surface area contributed by atoms with Crippen molar-refractivity contribution >= 4 is 29.5 Å². The maximum Gasteiger partial charge on any atom is 0.312 e. The van der Waals surface area contributed by atoms with E-state index in [0.29, 0.717) is 11.3 Å². The van der Waals surface area contributed by atoms with Gasteiger partial charge in [-0.2, -0.15) is 0 Å². The van der Waals surface area contributed by atoms with Crippen LogP contribution in [0.4, 0.5) is 0 Å². The molecule has 2 unspecified atom stereocenters. The van der Waals surface area contributed by atoms with Gasteiger partial charge in [0, 0.05) is 12.3 Å². The van der Waals surface area contributed by atoms with Crippen molar-refractivity contribution < 1.29 is 29.3 Å². The second-order valence-electron chi connectivity index (χ2n) is 7.76. The van der Waals surface area contributed by atoms with E-state index in [1.807, 2.05) is 0 Å². The highest BCUT2D eigenvalue weighted by atomic mass is 32.2. The molecule has 2 heterocycles. The molecule has 1 aromatic rings. The van der Waals surface area contributed by atoms with E-state index in [-0.39, 0.29) is 24.8 Å². The molecule has 0 saturated carbocycles. The van der Waals surface area contributed by atoms with E-state index < -0.39 is 34.3 Å². The Kier molecular flexibility index (Phi) is 5.33. The molecule has 8 nitrogen and oxygen atoms in total. The molecule has 1 aromatic carbocycles. The van der Waals surface area contributed by atoms with E-state index in [0.717, 1.165) is 0 Å². The van der Waals surface area contributed by atoms with E-state index >= 15 is 0 Å². The fraction of sp³-hybridized carbons (Fsp3) is 0.526. The van der Waals surface area contributed by atoms with Gasteiger partial charge in [0.05, 0.1) is 17.9 Å². The first-order chi connectivity index (χ1) is 13.1. The van der Waals surface area contributed by atoms with E-state index in [9.17, 15) is 24.6 Å². The largest absolute Gasteiger partial charge is 0.508 e. The van der Waals surface area contributed by atoms with Gasteiger partial charge in [-0.3, -0.25) is 14.4 Å². The van der Waals surface area contributed by atoms with E-state index in [2.05, 4.69) is 5.32 Å². The number of thioether (sulfide) groups is 1. The predicted octanol–water partition coefficient (Wildman–Crippen LogP) is 1.18. The number of rotatable bonds is 6. The quantitative estimate of drug-likeness (QED) is 0.478. The number of ether oxygens (including phenoxy) is 1. The maximum absolute atomic E-state index is 12.9. The number of carboxylic acids is 1. The lowest BCUT2D eigenvalue weighted by Gasteiger charge is -2.59. The first kappa shape index (κ1) is 20.5. The van der Waals surface area contributed by atoms with Crippen LogP contribution in [0.1, 0.15) is 26.3 Å². The second kappa shape index (κ2) is 7.29. The lowest BCUT2D eigenvalue weighted by Crippen LogP contribution is -2.83. The van der Waals surface area contributed by atoms with Gasteiger partial charge in [0.1, 0.15) is 11.1 Å². The highest BCUT2D eigenvalue weighted by molar-refractivity contribution is 8.00. The molecule has 2 saturated heterocycles. The number of hydrogen-bond donors (Lipinski definition) is 3. The Morgan fingerprint density at radius 2 is 2.14 bits per heavy atom. The number of aromatic hydroxyl groups is 1. The molecule has 2 fully saturated rings. The first-order valence-corrected chi connectivity index (χ1v) is 10.0. The number of carboxylic acid groups (broad SMARTS) is 1. The van der Waals surface area contributed by atoms with Crippen LogP contribution < -0.4 is 5.32 Å². The molecule has 9 heteroatoms. The smallest absolute Gasteiger partial charge is 0.312 e. The Morgan fingerprint density at radius 1 is 1.43 bits per heavy atom. The van der Waals surface area contributed by atoms with Crippen LogP contribution in [0.2, 0.25) is 0 Å². The van der Waals surface area contributed by atoms with Crippen molar-refractivity contribution in [3.63, 3.8) is 0 Å². The fourth-order valence-electron chi connectivity index (χ4n) is 3.48. The SMILES string of the molecule is CC(C)OC1(NC(=O)Cc2cccc(O)c2)C(=O)N2CC(C)(C(=O)O)CS[C@@H]21. The Bertz CT molecular complexity index is 815. The molecule has 3 atom stereocenters. The molecule has 2 aliphatic rings. The third-order valence-corrected chi connectivity index (χ3v) is 6.53. The van der Waals surface area contributed by atoms with Crippen molar-refractivity contribution in [1.29, 1.82) is 0 Å². The normalized spacial score (nSPS) is 29.2. The zero-order valence-electron chi connectivity index (χ0n) is 16.0. The molecule has 3 N–H and O–H groups in total. The van der Waals surface area contributed by atoms with Crippen molar-refractivity contribution in [2.24, 2.45) is 5.41 Å². The number of nitrogens with one attached hydrogen (secondary N) is 1. The van der Waals surface area contributed by atoms with Crippen LogP contribution in [0, 0.1) is 5.41 Å². The van der Waals surface area contributed by atoms with Gasteiger partial charge in [0.15, 0.2) is 0 Å². The van der Waals surface area contributed by atoms with Crippen molar-refractivity contribution in [3.8, 4) is 5.75 Å². The van der Waals surface area contributed by atoms with Gasteiger partial charge in [-0.25, -0.2) is 0 Å². The number of benzene rings is 1. The third kappa shape index (κ3) is 3.56. The molecule has 0 radical (unpaired) electrons. The molecule has 2 amide bonds. The minimum Gasteiger partial charge on any atom is -0.508 e. The van der Waals surface area contributed by atoms with Gasteiger partial charge >= 0.3 is 5.97 Å². The Morgan fingerprint density at radius 3 is 2.75 bits per heavy atom. The van der Waals surface area contributed by atoms with Crippen LogP contribution in [-0.2, 0) is 25.5 Å². The fourth-order valence-corrected chi connectivity index (χ4v) is 5.02. The number of β-lactam (4-membered cyclic amide) rings is 1. The molecule has 0 aliphatic carbocycles. The van der Waals surface area contributed by atoms with Crippen molar-refractivity contribution in [2.45, 2.75) is 44.4 Å².